The molecular weight excluding hydrogens is 301 g/mol. The first kappa shape index (κ1) is 17.2. The number of halogens is 1. The van der Waals surface area contributed by atoms with Gasteiger partial charge in [-0.15, -0.1) is 0 Å². The first-order chi connectivity index (χ1) is 11.0. The zero-order chi connectivity index (χ0) is 16.9. The van der Waals surface area contributed by atoms with Crippen molar-refractivity contribution < 1.29 is 23.5 Å². The van der Waals surface area contributed by atoms with E-state index in [0.29, 0.717) is 12.8 Å². The van der Waals surface area contributed by atoms with Crippen molar-refractivity contribution in [3.63, 3.8) is 0 Å². The standard InChI is InChI=1S/C17H22FNO4/c1-3-23-16(21)17(9-5-4-6-10-17)19-15(20)12-7-8-14(22-2)13(18)11-12/h7-8,11H,3-6,9-10H2,1-2H3,(H,19,20). The molecule has 1 aliphatic rings. The van der Waals surface area contributed by atoms with Gasteiger partial charge in [0.25, 0.3) is 5.91 Å². The highest BCUT2D eigenvalue weighted by atomic mass is 19.1. The van der Waals surface area contributed by atoms with Crippen LogP contribution in [-0.4, -0.2) is 31.1 Å². The Bertz CT molecular complexity index is 582. The molecule has 1 amide bonds. The van der Waals surface area contributed by atoms with Gasteiger partial charge in [-0.05, 0) is 38.0 Å². The molecule has 0 saturated heterocycles. The largest absolute Gasteiger partial charge is 0.494 e. The maximum absolute atomic E-state index is 13.8. The van der Waals surface area contributed by atoms with Gasteiger partial charge in [-0.25, -0.2) is 9.18 Å². The van der Waals surface area contributed by atoms with Gasteiger partial charge in [0.2, 0.25) is 0 Å². The summed E-state index contributed by atoms with van der Waals surface area (Å²) in [5.74, 6) is -1.45. The van der Waals surface area contributed by atoms with Crippen LogP contribution in [0.25, 0.3) is 0 Å². The van der Waals surface area contributed by atoms with Gasteiger partial charge < -0.3 is 14.8 Å². The Morgan fingerprint density at radius 1 is 1.26 bits per heavy atom. The van der Waals surface area contributed by atoms with Crippen LogP contribution in [0.1, 0.15) is 49.4 Å². The van der Waals surface area contributed by atoms with E-state index in [1.807, 2.05) is 0 Å². The van der Waals surface area contributed by atoms with Crippen LogP contribution in [0.15, 0.2) is 18.2 Å². The van der Waals surface area contributed by atoms with E-state index in [0.717, 1.165) is 25.3 Å². The monoisotopic (exact) mass is 323 g/mol. The molecule has 0 bridgehead atoms. The Balaban J connectivity index is 2.20. The molecule has 1 N–H and O–H groups in total. The van der Waals surface area contributed by atoms with Crippen molar-refractivity contribution in [2.75, 3.05) is 13.7 Å². The first-order valence-corrected chi connectivity index (χ1v) is 7.85. The third kappa shape index (κ3) is 3.81. The fourth-order valence-corrected chi connectivity index (χ4v) is 2.90. The van der Waals surface area contributed by atoms with Crippen LogP contribution in [0.3, 0.4) is 0 Å². The Morgan fingerprint density at radius 3 is 2.52 bits per heavy atom. The highest BCUT2D eigenvalue weighted by molar-refractivity contribution is 5.98. The second kappa shape index (κ2) is 7.44. The second-order valence-corrected chi connectivity index (χ2v) is 5.67. The lowest BCUT2D eigenvalue weighted by Gasteiger charge is -2.35. The van der Waals surface area contributed by atoms with Crippen molar-refractivity contribution in [3.8, 4) is 5.75 Å². The molecule has 0 radical (unpaired) electrons. The average Bonchev–Trinajstić information content (AvgIpc) is 2.55. The van der Waals surface area contributed by atoms with Crippen molar-refractivity contribution in [2.45, 2.75) is 44.6 Å². The van der Waals surface area contributed by atoms with Gasteiger partial charge in [-0.2, -0.15) is 0 Å². The maximum Gasteiger partial charge on any atom is 0.331 e. The van der Waals surface area contributed by atoms with Crippen LogP contribution in [0.4, 0.5) is 4.39 Å². The van der Waals surface area contributed by atoms with Crippen LogP contribution in [-0.2, 0) is 9.53 Å². The number of methoxy groups -OCH3 is 1. The summed E-state index contributed by atoms with van der Waals surface area (Å²) < 4.78 is 23.7. The lowest BCUT2D eigenvalue weighted by atomic mass is 9.81. The summed E-state index contributed by atoms with van der Waals surface area (Å²) in [5.41, 5.74) is -0.862. The van der Waals surface area contributed by atoms with Gasteiger partial charge in [0.05, 0.1) is 13.7 Å². The van der Waals surface area contributed by atoms with Crippen molar-refractivity contribution >= 4 is 11.9 Å². The molecule has 0 spiro atoms. The molecule has 5 nitrogen and oxygen atoms in total. The van der Waals surface area contributed by atoms with Crippen molar-refractivity contribution in [1.29, 1.82) is 0 Å². The zero-order valence-corrected chi connectivity index (χ0v) is 13.5. The SMILES string of the molecule is CCOC(=O)C1(NC(=O)c2ccc(OC)c(F)c2)CCCCC1. The third-order valence-electron chi connectivity index (χ3n) is 4.14. The molecule has 0 unspecified atom stereocenters. The predicted molar refractivity (Wildman–Crippen MR) is 82.9 cm³/mol. The minimum Gasteiger partial charge on any atom is -0.494 e. The predicted octanol–water partition coefficient (Wildman–Crippen LogP) is 2.83. The molecule has 0 aromatic heterocycles. The van der Waals surface area contributed by atoms with Crippen LogP contribution >= 0.6 is 0 Å². The second-order valence-electron chi connectivity index (χ2n) is 5.67. The molecule has 0 aliphatic heterocycles. The first-order valence-electron chi connectivity index (χ1n) is 7.85. The van der Waals surface area contributed by atoms with E-state index in [1.54, 1.807) is 6.92 Å². The van der Waals surface area contributed by atoms with Gasteiger partial charge in [0, 0.05) is 5.56 Å². The van der Waals surface area contributed by atoms with E-state index in [9.17, 15) is 14.0 Å². The van der Waals surface area contributed by atoms with Gasteiger partial charge in [-0.1, -0.05) is 19.3 Å². The highest BCUT2D eigenvalue weighted by Gasteiger charge is 2.42. The lowest BCUT2D eigenvalue weighted by Crippen LogP contribution is -2.56. The van der Waals surface area contributed by atoms with E-state index in [-0.39, 0.29) is 17.9 Å². The number of hydrogen-bond acceptors (Lipinski definition) is 4. The minimum atomic E-state index is -1.01. The quantitative estimate of drug-likeness (QED) is 0.846. The molecule has 1 aliphatic carbocycles. The molecular formula is C17H22FNO4. The molecule has 1 saturated carbocycles. The number of esters is 1. The topological polar surface area (TPSA) is 64.6 Å². The van der Waals surface area contributed by atoms with Gasteiger partial charge in [0.1, 0.15) is 5.54 Å². The smallest absolute Gasteiger partial charge is 0.331 e. The normalized spacial score (nSPS) is 16.5. The Labute approximate surface area is 135 Å². The number of hydrogen-bond donors (Lipinski definition) is 1. The van der Waals surface area contributed by atoms with Crippen molar-refractivity contribution in [2.24, 2.45) is 0 Å². The van der Waals surface area contributed by atoms with E-state index < -0.39 is 23.2 Å². The zero-order valence-electron chi connectivity index (χ0n) is 13.5. The van der Waals surface area contributed by atoms with Crippen molar-refractivity contribution in [1.82, 2.24) is 5.32 Å². The fraction of sp³-hybridized carbons (Fsp3) is 0.529. The van der Waals surface area contributed by atoms with Gasteiger partial charge >= 0.3 is 5.97 Å². The molecule has 23 heavy (non-hydrogen) atoms. The summed E-state index contributed by atoms with van der Waals surface area (Å²) in [6, 6.07) is 3.97. The number of rotatable bonds is 5. The maximum atomic E-state index is 13.8. The Morgan fingerprint density at radius 2 is 1.96 bits per heavy atom. The molecule has 0 heterocycles. The molecule has 0 atom stereocenters. The Kier molecular flexibility index (Phi) is 5.58. The summed E-state index contributed by atoms with van der Waals surface area (Å²) in [7, 11) is 1.36. The number of benzene rings is 1. The number of amides is 1. The minimum absolute atomic E-state index is 0.0688. The molecule has 2 rings (SSSR count). The summed E-state index contributed by atoms with van der Waals surface area (Å²) >= 11 is 0. The summed E-state index contributed by atoms with van der Waals surface area (Å²) in [6.07, 6.45) is 3.78. The molecule has 1 aromatic carbocycles. The number of carbonyl (C=O) groups is 2. The van der Waals surface area contributed by atoms with Gasteiger partial charge in [0.15, 0.2) is 11.6 Å². The van der Waals surface area contributed by atoms with Crippen LogP contribution in [0.2, 0.25) is 0 Å². The number of ether oxygens (including phenoxy) is 2. The lowest BCUT2D eigenvalue weighted by molar-refractivity contribution is -0.152. The van der Waals surface area contributed by atoms with Crippen molar-refractivity contribution in [3.05, 3.63) is 29.6 Å². The molecule has 1 aromatic rings. The Hall–Kier alpha value is -2.11. The summed E-state index contributed by atoms with van der Waals surface area (Å²) in [5, 5.41) is 2.78. The average molecular weight is 323 g/mol. The van der Waals surface area contributed by atoms with E-state index in [4.69, 9.17) is 9.47 Å². The van der Waals surface area contributed by atoms with E-state index >= 15 is 0 Å². The fourth-order valence-electron chi connectivity index (χ4n) is 2.90. The molecule has 126 valence electrons. The third-order valence-corrected chi connectivity index (χ3v) is 4.14. The van der Waals surface area contributed by atoms with Crippen LogP contribution < -0.4 is 10.1 Å². The molecule has 1 fully saturated rings. The summed E-state index contributed by atoms with van der Waals surface area (Å²) in [4.78, 5) is 24.8. The van der Waals surface area contributed by atoms with E-state index in [1.165, 1.54) is 19.2 Å². The molecule has 6 heteroatoms. The van der Waals surface area contributed by atoms with Gasteiger partial charge in [-0.3, -0.25) is 4.79 Å². The highest BCUT2D eigenvalue weighted by Crippen LogP contribution is 2.30. The summed E-state index contributed by atoms with van der Waals surface area (Å²) in [6.45, 7) is 1.99. The van der Waals surface area contributed by atoms with Crippen LogP contribution in [0, 0.1) is 5.82 Å². The van der Waals surface area contributed by atoms with Crippen LogP contribution in [0.5, 0.6) is 5.75 Å². The van der Waals surface area contributed by atoms with E-state index in [2.05, 4.69) is 5.32 Å². The number of nitrogens with one attached hydrogen (secondary N) is 1. The number of carbonyl (C=O) groups excluding carboxylic acids is 2.